The van der Waals surface area contributed by atoms with Crippen LogP contribution in [0, 0.1) is 6.92 Å². The van der Waals surface area contributed by atoms with Crippen LogP contribution in [0.3, 0.4) is 0 Å². The van der Waals surface area contributed by atoms with E-state index in [4.69, 9.17) is 5.73 Å². The summed E-state index contributed by atoms with van der Waals surface area (Å²) in [5.74, 6) is 0.0272. The molecule has 0 aromatic carbocycles. The fourth-order valence-electron chi connectivity index (χ4n) is 1.59. The highest BCUT2D eigenvalue weighted by molar-refractivity contribution is 7.18. The monoisotopic (exact) mass is 325 g/mol. The van der Waals surface area contributed by atoms with Crippen LogP contribution in [0.5, 0.6) is 0 Å². The van der Waals surface area contributed by atoms with E-state index in [1.807, 2.05) is 33.1 Å². The summed E-state index contributed by atoms with van der Waals surface area (Å²) >= 11 is 2.78. The van der Waals surface area contributed by atoms with Crippen molar-refractivity contribution in [2.75, 3.05) is 11.1 Å². The lowest BCUT2D eigenvalue weighted by molar-refractivity contribution is 0.0955. The maximum atomic E-state index is 12.2. The second kappa shape index (κ2) is 5.98. The third-order valence-electron chi connectivity index (χ3n) is 2.41. The number of thiazole rings is 2. The molecule has 0 saturated heterocycles. The summed E-state index contributed by atoms with van der Waals surface area (Å²) in [6, 6.07) is 0. The van der Waals surface area contributed by atoms with Gasteiger partial charge in [-0.3, -0.25) is 4.79 Å². The Morgan fingerprint density at radius 3 is 2.67 bits per heavy atom. The van der Waals surface area contributed by atoms with Crippen molar-refractivity contribution in [2.45, 2.75) is 39.8 Å². The number of amides is 1. The van der Waals surface area contributed by atoms with Crippen LogP contribution in [-0.2, 0) is 6.54 Å². The molecule has 0 unspecified atom stereocenters. The highest BCUT2D eigenvalue weighted by atomic mass is 32.1. The molecule has 0 saturated carbocycles. The van der Waals surface area contributed by atoms with Gasteiger partial charge in [0.25, 0.3) is 5.91 Å². The lowest BCUT2D eigenvalue weighted by Crippen LogP contribution is -2.25. The molecule has 1 amide bonds. The summed E-state index contributed by atoms with van der Waals surface area (Å²) < 4.78 is 0. The molecule has 2 aromatic rings. The molecule has 0 radical (unpaired) electrons. The van der Waals surface area contributed by atoms with E-state index in [-0.39, 0.29) is 17.3 Å². The van der Waals surface area contributed by atoms with E-state index in [1.54, 1.807) is 0 Å². The van der Waals surface area contributed by atoms with Crippen molar-refractivity contribution in [3.63, 3.8) is 0 Å². The first-order valence-electron chi connectivity index (χ1n) is 6.48. The Hall–Kier alpha value is -1.67. The van der Waals surface area contributed by atoms with E-state index in [0.717, 1.165) is 10.7 Å². The molecule has 6 nitrogen and oxygen atoms in total. The standard InChI is InChI=1S/C13H19N5OS2/c1-7-6-20-8(16-7)5-15-11(19)9-10(14)17-12(21-9)18-13(2,3)4/h6H,5,14H2,1-4H3,(H,15,19)(H,17,18). The maximum absolute atomic E-state index is 12.2. The molecule has 0 spiro atoms. The van der Waals surface area contributed by atoms with Crippen LogP contribution in [0.25, 0.3) is 0 Å². The Bertz CT molecular complexity index is 641. The van der Waals surface area contributed by atoms with E-state index >= 15 is 0 Å². The second-order valence-corrected chi connectivity index (χ2v) is 7.62. The zero-order chi connectivity index (χ0) is 15.6. The van der Waals surface area contributed by atoms with Crippen molar-refractivity contribution in [3.05, 3.63) is 21.0 Å². The molecule has 21 heavy (non-hydrogen) atoms. The molecule has 0 atom stereocenters. The molecule has 0 aliphatic carbocycles. The van der Waals surface area contributed by atoms with Crippen LogP contribution in [0.15, 0.2) is 5.38 Å². The van der Waals surface area contributed by atoms with Crippen molar-refractivity contribution < 1.29 is 4.79 Å². The number of carbonyl (C=O) groups excluding carboxylic acids is 1. The quantitative estimate of drug-likeness (QED) is 0.803. The number of nitrogen functional groups attached to an aromatic ring is 1. The average Bonchev–Trinajstić information content (AvgIpc) is 2.90. The molecule has 114 valence electrons. The Morgan fingerprint density at radius 1 is 1.38 bits per heavy atom. The SMILES string of the molecule is Cc1csc(CNC(=O)c2sc(NC(C)(C)C)nc2N)n1. The number of nitrogens with two attached hydrogens (primary N) is 1. The Balaban J connectivity index is 2.02. The van der Waals surface area contributed by atoms with E-state index in [9.17, 15) is 4.79 Å². The minimum absolute atomic E-state index is 0.129. The third-order valence-corrected chi connectivity index (χ3v) is 4.36. The topological polar surface area (TPSA) is 92.9 Å². The van der Waals surface area contributed by atoms with Gasteiger partial charge in [-0.1, -0.05) is 11.3 Å². The van der Waals surface area contributed by atoms with Crippen LogP contribution in [0.4, 0.5) is 10.9 Å². The van der Waals surface area contributed by atoms with E-state index in [2.05, 4.69) is 20.6 Å². The Labute approximate surface area is 131 Å². The van der Waals surface area contributed by atoms with Crippen molar-refractivity contribution in [2.24, 2.45) is 0 Å². The average molecular weight is 325 g/mol. The molecule has 2 heterocycles. The van der Waals surface area contributed by atoms with Crippen molar-refractivity contribution >= 4 is 39.5 Å². The van der Waals surface area contributed by atoms with Crippen molar-refractivity contribution in [1.82, 2.24) is 15.3 Å². The van der Waals surface area contributed by atoms with Gasteiger partial charge in [-0.05, 0) is 27.7 Å². The number of hydrogen-bond donors (Lipinski definition) is 3. The summed E-state index contributed by atoms with van der Waals surface area (Å²) in [6.45, 7) is 8.39. The largest absolute Gasteiger partial charge is 0.382 e. The van der Waals surface area contributed by atoms with Gasteiger partial charge in [-0.15, -0.1) is 11.3 Å². The Kier molecular flexibility index (Phi) is 4.48. The normalized spacial score (nSPS) is 11.4. The lowest BCUT2D eigenvalue weighted by Gasteiger charge is -2.19. The highest BCUT2D eigenvalue weighted by Gasteiger charge is 2.19. The van der Waals surface area contributed by atoms with Crippen LogP contribution in [0.2, 0.25) is 0 Å². The number of nitrogens with one attached hydrogen (secondary N) is 2. The van der Waals surface area contributed by atoms with E-state index < -0.39 is 0 Å². The molecule has 0 bridgehead atoms. The fraction of sp³-hybridized carbons (Fsp3) is 0.462. The predicted molar refractivity (Wildman–Crippen MR) is 87.9 cm³/mol. The first-order chi connectivity index (χ1) is 9.74. The summed E-state index contributed by atoms with van der Waals surface area (Å²) in [4.78, 5) is 21.1. The van der Waals surface area contributed by atoms with Crippen LogP contribution in [-0.4, -0.2) is 21.4 Å². The number of carbonyl (C=O) groups is 1. The van der Waals surface area contributed by atoms with Gasteiger partial charge in [-0.25, -0.2) is 9.97 Å². The fourth-order valence-corrected chi connectivity index (χ4v) is 3.31. The second-order valence-electron chi connectivity index (χ2n) is 5.67. The molecule has 8 heteroatoms. The minimum atomic E-state index is -0.222. The third kappa shape index (κ3) is 4.40. The van der Waals surface area contributed by atoms with Crippen LogP contribution < -0.4 is 16.4 Å². The number of aryl methyl sites for hydroxylation is 1. The van der Waals surface area contributed by atoms with Crippen LogP contribution >= 0.6 is 22.7 Å². The van der Waals surface area contributed by atoms with Gasteiger partial charge in [0.15, 0.2) is 5.13 Å². The molecule has 0 aliphatic heterocycles. The minimum Gasteiger partial charge on any atom is -0.382 e. The molecule has 0 aliphatic rings. The zero-order valence-electron chi connectivity index (χ0n) is 12.5. The van der Waals surface area contributed by atoms with Crippen molar-refractivity contribution in [3.8, 4) is 0 Å². The molecular weight excluding hydrogens is 306 g/mol. The van der Waals surface area contributed by atoms with Gasteiger partial charge in [0, 0.05) is 16.6 Å². The Morgan fingerprint density at radius 2 is 2.10 bits per heavy atom. The van der Waals surface area contributed by atoms with Gasteiger partial charge >= 0.3 is 0 Å². The molecule has 2 rings (SSSR count). The van der Waals surface area contributed by atoms with Crippen LogP contribution in [0.1, 0.15) is 41.1 Å². The summed E-state index contributed by atoms with van der Waals surface area (Å²) in [7, 11) is 0. The van der Waals surface area contributed by atoms with Gasteiger partial charge in [-0.2, -0.15) is 0 Å². The molecule has 2 aromatic heterocycles. The highest BCUT2D eigenvalue weighted by Crippen LogP contribution is 2.27. The predicted octanol–water partition coefficient (Wildman–Crippen LogP) is 2.63. The zero-order valence-corrected chi connectivity index (χ0v) is 14.1. The lowest BCUT2D eigenvalue weighted by atomic mass is 10.1. The first-order valence-corrected chi connectivity index (χ1v) is 8.18. The number of hydrogen-bond acceptors (Lipinski definition) is 7. The summed E-state index contributed by atoms with van der Waals surface area (Å²) in [5.41, 5.74) is 6.65. The molecule has 4 N–H and O–H groups in total. The first kappa shape index (κ1) is 15.7. The number of anilines is 2. The van der Waals surface area contributed by atoms with Gasteiger partial charge < -0.3 is 16.4 Å². The van der Waals surface area contributed by atoms with Crippen molar-refractivity contribution in [1.29, 1.82) is 0 Å². The molecule has 0 fully saturated rings. The summed E-state index contributed by atoms with van der Waals surface area (Å²) in [5, 5.41) is 9.50. The van der Waals surface area contributed by atoms with Gasteiger partial charge in [0.05, 0.1) is 6.54 Å². The van der Waals surface area contributed by atoms with E-state index in [1.165, 1.54) is 22.7 Å². The summed E-state index contributed by atoms with van der Waals surface area (Å²) in [6.07, 6.45) is 0. The van der Waals surface area contributed by atoms with E-state index in [0.29, 0.717) is 16.6 Å². The number of aromatic nitrogens is 2. The smallest absolute Gasteiger partial charge is 0.265 e. The molecular formula is C13H19N5OS2. The maximum Gasteiger partial charge on any atom is 0.265 e. The van der Waals surface area contributed by atoms with Gasteiger partial charge in [0.2, 0.25) is 0 Å². The van der Waals surface area contributed by atoms with Gasteiger partial charge in [0.1, 0.15) is 15.7 Å². The number of rotatable bonds is 4. The number of nitrogens with zero attached hydrogens (tertiary/aromatic N) is 2.